The molecule has 14 heavy (non-hydrogen) atoms. The highest BCUT2D eigenvalue weighted by Crippen LogP contribution is 2.61. The zero-order chi connectivity index (χ0) is 11.0. The van der Waals surface area contributed by atoms with Gasteiger partial charge in [-0.25, -0.2) is 0 Å². The standard InChI is InChI=1S/C13H30P/c1-6-9-14(10-7-2,11-8-3)12-13(4)5/h13H,6-12H2,1-5H3/q+1. The zero-order valence-electron chi connectivity index (χ0n) is 11.0. The van der Waals surface area contributed by atoms with Crippen molar-refractivity contribution in [1.82, 2.24) is 0 Å². The lowest BCUT2D eigenvalue weighted by Crippen LogP contribution is -2.14. The van der Waals surface area contributed by atoms with Crippen molar-refractivity contribution in [3.63, 3.8) is 0 Å². The smallest absolute Gasteiger partial charge is 0.0617 e. The molecule has 0 aromatic heterocycles. The van der Waals surface area contributed by atoms with Gasteiger partial charge in [-0.3, -0.25) is 0 Å². The Labute approximate surface area is 92.2 Å². The lowest BCUT2D eigenvalue weighted by Gasteiger charge is -2.28. The van der Waals surface area contributed by atoms with E-state index in [0.29, 0.717) is 0 Å². The van der Waals surface area contributed by atoms with Crippen LogP contribution in [-0.4, -0.2) is 24.6 Å². The molecule has 0 fully saturated rings. The van der Waals surface area contributed by atoms with E-state index in [0.717, 1.165) is 5.92 Å². The molecular formula is C13H30P+. The fraction of sp³-hybridized carbons (Fsp3) is 1.00. The molecule has 0 heterocycles. The van der Waals surface area contributed by atoms with E-state index < -0.39 is 7.26 Å². The molecule has 0 rings (SSSR count). The second-order valence-electron chi connectivity index (χ2n) is 5.09. The fourth-order valence-corrected chi connectivity index (χ4v) is 8.42. The summed E-state index contributed by atoms with van der Waals surface area (Å²) < 4.78 is 0. The Hall–Kier alpha value is 0.430. The second-order valence-corrected chi connectivity index (χ2v) is 9.48. The van der Waals surface area contributed by atoms with Gasteiger partial charge in [0.25, 0.3) is 0 Å². The van der Waals surface area contributed by atoms with Crippen LogP contribution in [0.15, 0.2) is 0 Å². The Morgan fingerprint density at radius 1 is 0.786 bits per heavy atom. The van der Waals surface area contributed by atoms with E-state index in [1.165, 1.54) is 19.3 Å². The number of rotatable bonds is 8. The molecule has 0 aliphatic rings. The molecule has 0 spiro atoms. The normalized spacial score (nSPS) is 12.4. The Kier molecular flexibility index (Phi) is 7.92. The summed E-state index contributed by atoms with van der Waals surface area (Å²) in [5.74, 6) is 0.910. The van der Waals surface area contributed by atoms with Crippen molar-refractivity contribution in [3.05, 3.63) is 0 Å². The molecule has 0 aromatic carbocycles. The second kappa shape index (κ2) is 7.69. The van der Waals surface area contributed by atoms with Crippen LogP contribution in [-0.2, 0) is 0 Å². The molecule has 0 atom stereocenters. The van der Waals surface area contributed by atoms with Crippen molar-refractivity contribution in [2.75, 3.05) is 24.6 Å². The first kappa shape index (κ1) is 14.4. The van der Waals surface area contributed by atoms with E-state index >= 15 is 0 Å². The predicted molar refractivity (Wildman–Crippen MR) is 72.1 cm³/mol. The van der Waals surface area contributed by atoms with Crippen molar-refractivity contribution >= 4 is 7.26 Å². The average Bonchev–Trinajstić information content (AvgIpc) is 2.03. The summed E-state index contributed by atoms with van der Waals surface area (Å²) >= 11 is 0. The highest BCUT2D eigenvalue weighted by Gasteiger charge is 2.34. The van der Waals surface area contributed by atoms with Gasteiger partial charge in [-0.2, -0.15) is 0 Å². The predicted octanol–water partition coefficient (Wildman–Crippen LogP) is 4.89. The minimum absolute atomic E-state index is 0.552. The van der Waals surface area contributed by atoms with Crippen molar-refractivity contribution in [1.29, 1.82) is 0 Å². The number of hydrogen-bond acceptors (Lipinski definition) is 0. The van der Waals surface area contributed by atoms with Crippen LogP contribution < -0.4 is 0 Å². The summed E-state index contributed by atoms with van der Waals surface area (Å²) in [5.41, 5.74) is 0. The monoisotopic (exact) mass is 217 g/mol. The van der Waals surface area contributed by atoms with E-state index in [9.17, 15) is 0 Å². The topological polar surface area (TPSA) is 0 Å². The third kappa shape index (κ3) is 5.35. The summed E-state index contributed by atoms with van der Waals surface area (Å²) in [6, 6.07) is 0. The molecule has 0 saturated heterocycles. The van der Waals surface area contributed by atoms with Crippen LogP contribution in [0.25, 0.3) is 0 Å². The molecular weight excluding hydrogens is 187 g/mol. The van der Waals surface area contributed by atoms with Gasteiger partial charge in [0.15, 0.2) is 0 Å². The van der Waals surface area contributed by atoms with Crippen LogP contribution in [0.5, 0.6) is 0 Å². The molecule has 0 aliphatic heterocycles. The van der Waals surface area contributed by atoms with E-state index in [1.54, 1.807) is 24.6 Å². The molecule has 0 nitrogen and oxygen atoms in total. The molecule has 0 saturated carbocycles. The molecule has 0 amide bonds. The van der Waals surface area contributed by atoms with Gasteiger partial charge < -0.3 is 0 Å². The first-order chi connectivity index (χ1) is 6.60. The maximum absolute atomic E-state index is 2.40. The lowest BCUT2D eigenvalue weighted by molar-refractivity contribution is 0.733. The number of hydrogen-bond donors (Lipinski definition) is 0. The fourth-order valence-electron chi connectivity index (χ4n) is 2.81. The average molecular weight is 217 g/mol. The maximum Gasteiger partial charge on any atom is 0.0617 e. The van der Waals surface area contributed by atoms with Gasteiger partial charge >= 0.3 is 0 Å². The molecule has 0 unspecified atom stereocenters. The molecule has 1 heteroatoms. The molecule has 0 aliphatic carbocycles. The first-order valence-electron chi connectivity index (χ1n) is 6.45. The largest absolute Gasteiger partial charge is 0.0619 e. The van der Waals surface area contributed by atoms with Crippen LogP contribution >= 0.6 is 7.26 Å². The van der Waals surface area contributed by atoms with Crippen LogP contribution in [0.4, 0.5) is 0 Å². The van der Waals surface area contributed by atoms with Crippen molar-refractivity contribution in [2.24, 2.45) is 5.92 Å². The van der Waals surface area contributed by atoms with Crippen LogP contribution in [0.3, 0.4) is 0 Å². The highest BCUT2D eigenvalue weighted by atomic mass is 31.2. The minimum atomic E-state index is -0.552. The Morgan fingerprint density at radius 3 is 1.36 bits per heavy atom. The minimum Gasteiger partial charge on any atom is -0.0619 e. The van der Waals surface area contributed by atoms with Crippen LogP contribution in [0, 0.1) is 5.92 Å². The summed E-state index contributed by atoms with van der Waals surface area (Å²) in [5, 5.41) is 0. The Balaban J connectivity index is 4.37. The van der Waals surface area contributed by atoms with Gasteiger partial charge in [0.05, 0.1) is 24.6 Å². The quantitative estimate of drug-likeness (QED) is 0.508. The lowest BCUT2D eigenvalue weighted by atomic mass is 10.3. The van der Waals surface area contributed by atoms with Gasteiger partial charge in [-0.1, -0.05) is 34.6 Å². The van der Waals surface area contributed by atoms with E-state index in [-0.39, 0.29) is 0 Å². The molecule has 0 radical (unpaired) electrons. The molecule has 0 bridgehead atoms. The molecule has 0 aromatic rings. The zero-order valence-corrected chi connectivity index (χ0v) is 11.9. The van der Waals surface area contributed by atoms with Gasteiger partial charge in [-0.15, -0.1) is 0 Å². The third-order valence-electron chi connectivity index (χ3n) is 2.85. The van der Waals surface area contributed by atoms with E-state index in [1.807, 2.05) is 0 Å². The summed E-state index contributed by atoms with van der Waals surface area (Å²) in [6.45, 7) is 11.9. The Bertz CT molecular complexity index is 112. The van der Waals surface area contributed by atoms with E-state index in [4.69, 9.17) is 0 Å². The highest BCUT2D eigenvalue weighted by molar-refractivity contribution is 7.75. The van der Waals surface area contributed by atoms with Gasteiger partial charge in [0.1, 0.15) is 0 Å². The van der Waals surface area contributed by atoms with Crippen LogP contribution in [0.2, 0.25) is 0 Å². The van der Waals surface area contributed by atoms with Gasteiger partial charge in [-0.05, 0) is 25.2 Å². The summed E-state index contributed by atoms with van der Waals surface area (Å²) in [6.07, 6.45) is 10.4. The van der Waals surface area contributed by atoms with Gasteiger partial charge in [0.2, 0.25) is 0 Å². The maximum atomic E-state index is 2.40. The first-order valence-corrected chi connectivity index (χ1v) is 8.98. The third-order valence-corrected chi connectivity index (χ3v) is 8.54. The van der Waals surface area contributed by atoms with Crippen molar-refractivity contribution in [2.45, 2.75) is 53.9 Å². The summed E-state index contributed by atoms with van der Waals surface area (Å²) in [4.78, 5) is 0. The van der Waals surface area contributed by atoms with Gasteiger partial charge in [0, 0.05) is 7.26 Å². The SMILES string of the molecule is CCC[P+](CCC)(CCC)CC(C)C. The van der Waals surface area contributed by atoms with Crippen molar-refractivity contribution < 1.29 is 0 Å². The van der Waals surface area contributed by atoms with Crippen LogP contribution in [0.1, 0.15) is 53.9 Å². The molecule has 86 valence electrons. The van der Waals surface area contributed by atoms with E-state index in [2.05, 4.69) is 34.6 Å². The summed E-state index contributed by atoms with van der Waals surface area (Å²) in [7, 11) is -0.552. The Morgan fingerprint density at radius 2 is 1.14 bits per heavy atom. The molecule has 0 N–H and O–H groups in total. The van der Waals surface area contributed by atoms with Crippen molar-refractivity contribution in [3.8, 4) is 0 Å².